The Morgan fingerprint density at radius 1 is 0.602 bits per heavy atom. The van der Waals surface area contributed by atoms with E-state index in [1.54, 1.807) is 45.2 Å². The van der Waals surface area contributed by atoms with Crippen LogP contribution in [0.1, 0.15) is 89.7 Å². The zero-order chi connectivity index (χ0) is 61.1. The van der Waals surface area contributed by atoms with Crippen LogP contribution in [0.25, 0.3) is 0 Å². The zero-order valence-electron chi connectivity index (χ0n) is 51.3. The number of nitrogens with one attached hydrogen (secondary N) is 5. The van der Waals surface area contributed by atoms with Crippen molar-refractivity contribution in [2.24, 2.45) is 29.6 Å². The summed E-state index contributed by atoms with van der Waals surface area (Å²) >= 11 is 0. The summed E-state index contributed by atoms with van der Waals surface area (Å²) in [5.41, 5.74) is 1.45. The highest BCUT2D eigenvalue weighted by Gasteiger charge is 2.76. The highest BCUT2D eigenvalue weighted by molar-refractivity contribution is 6.76. The first-order chi connectivity index (χ1) is 38.9. The highest BCUT2D eigenvalue weighted by atomic mass is 28.3. The minimum absolute atomic E-state index is 0.134. The van der Waals surface area contributed by atoms with Crippen LogP contribution in [-0.4, -0.2) is 128 Å². The predicted molar refractivity (Wildman–Crippen MR) is 321 cm³/mol. The van der Waals surface area contributed by atoms with Crippen molar-refractivity contribution in [3.05, 3.63) is 59.7 Å². The summed E-state index contributed by atoms with van der Waals surface area (Å²) in [6.07, 6.45) is 4.11. The number of anilines is 1. The Hall–Kier alpha value is -5.47. The minimum atomic E-state index is -1.62. The molecule has 20 nitrogen and oxygen atoms in total. The van der Waals surface area contributed by atoms with Crippen LogP contribution in [-0.2, 0) is 79.5 Å². The number of amides is 5. The molecule has 0 radical (unpaired) electrons. The maximum absolute atomic E-state index is 14.4. The Morgan fingerprint density at radius 3 is 1.59 bits per heavy atom. The molecule has 5 amide bonds. The number of carbonyl (C=O) groups is 8. The van der Waals surface area contributed by atoms with Gasteiger partial charge in [0.1, 0.15) is 36.5 Å². The van der Waals surface area contributed by atoms with Crippen LogP contribution in [0.2, 0.25) is 77.1 Å². The average molecular weight is 1210 g/mol. The van der Waals surface area contributed by atoms with Crippen LogP contribution >= 0.6 is 0 Å². The molecule has 7 rings (SSSR count). The molecule has 0 aromatic heterocycles. The second-order valence-electron chi connectivity index (χ2n) is 27.2. The lowest BCUT2D eigenvalue weighted by molar-refractivity contribution is -0.645. The molecule has 2 aromatic carbocycles. The van der Waals surface area contributed by atoms with E-state index in [0.29, 0.717) is 41.4 Å². The second kappa shape index (κ2) is 28.6. The Balaban J connectivity index is 1.13. The average Bonchev–Trinajstić information content (AvgIpc) is 1.05. The first-order valence-electron chi connectivity index (χ1n) is 29.6. The normalized spacial score (nSPS) is 23.2. The van der Waals surface area contributed by atoms with Crippen LogP contribution in [0.15, 0.2) is 48.5 Å². The number of methoxy groups -OCH3 is 1. The van der Waals surface area contributed by atoms with E-state index in [4.69, 9.17) is 33.5 Å². The fraction of sp³-hybridized carbons (Fsp3) is 0.667. The molecule has 5 N–H and O–H groups in total. The Bertz CT molecular complexity index is 2590. The number of benzene rings is 2. The fourth-order valence-corrected chi connectivity index (χ4v) is 13.8. The molecule has 83 heavy (non-hydrogen) atoms. The third-order valence-corrected chi connectivity index (χ3v) is 21.3. The van der Waals surface area contributed by atoms with Crippen molar-refractivity contribution >= 4 is 77.4 Å². The topological polar surface area (TPSA) is 261 Å². The van der Waals surface area contributed by atoms with E-state index < -0.39 is 126 Å². The summed E-state index contributed by atoms with van der Waals surface area (Å²) in [5.74, 6) is -4.91. The van der Waals surface area contributed by atoms with Gasteiger partial charge in [-0.3, -0.25) is 38.4 Å². The van der Waals surface area contributed by atoms with Crippen LogP contribution in [0, 0.1) is 29.6 Å². The van der Waals surface area contributed by atoms with Crippen LogP contribution in [0.3, 0.4) is 0 Å². The lowest BCUT2D eigenvalue weighted by atomic mass is 9.47. The van der Waals surface area contributed by atoms with Crippen molar-refractivity contribution in [3.8, 4) is 5.75 Å². The summed E-state index contributed by atoms with van der Waals surface area (Å²) in [7, 11) is -3.07. The van der Waals surface area contributed by atoms with Gasteiger partial charge in [-0.25, -0.2) is 4.89 Å². The monoisotopic (exact) mass is 1210 g/mol. The molecule has 1 heterocycles. The van der Waals surface area contributed by atoms with E-state index in [1.165, 1.54) is 13.3 Å². The third-order valence-electron chi connectivity index (χ3n) is 16.2. The molecule has 23 heteroatoms. The highest BCUT2D eigenvalue weighted by Crippen LogP contribution is 2.69. The van der Waals surface area contributed by atoms with Gasteiger partial charge in [0.15, 0.2) is 5.60 Å². The maximum atomic E-state index is 14.4. The minimum Gasteiger partial charge on any atom is -0.489 e. The van der Waals surface area contributed by atoms with E-state index >= 15 is 0 Å². The quantitative estimate of drug-likeness (QED) is 0.0207. The largest absolute Gasteiger partial charge is 0.489 e. The summed E-state index contributed by atoms with van der Waals surface area (Å²) in [6.45, 7) is 24.3. The van der Waals surface area contributed by atoms with E-state index in [-0.39, 0.29) is 39.3 Å². The first-order valence-corrected chi connectivity index (χ1v) is 40.7. The molecule has 4 aliphatic carbocycles. The smallest absolute Gasteiger partial charge is 0.308 e. The van der Waals surface area contributed by atoms with E-state index in [9.17, 15) is 38.4 Å². The van der Waals surface area contributed by atoms with Gasteiger partial charge in [0.05, 0.1) is 32.7 Å². The van der Waals surface area contributed by atoms with Crippen LogP contribution in [0.5, 0.6) is 5.75 Å². The van der Waals surface area contributed by atoms with Crippen molar-refractivity contribution in [2.75, 3.05) is 32.2 Å². The Kier molecular flexibility index (Phi) is 23.0. The number of esters is 3. The molecular formula is C60H93N5O15Si3. The fourth-order valence-electron chi connectivity index (χ4n) is 11.7. The predicted octanol–water partition coefficient (Wildman–Crippen LogP) is 7.98. The van der Waals surface area contributed by atoms with Crippen LogP contribution in [0.4, 0.5) is 5.69 Å². The number of hydrogen-bond donors (Lipinski definition) is 5. The van der Waals surface area contributed by atoms with Crippen molar-refractivity contribution in [2.45, 2.75) is 198 Å². The summed E-state index contributed by atoms with van der Waals surface area (Å²) in [5, 5.41) is 13.2. The SMILES string of the molecule is COC1(c2cccc(OCc3ccc(NC(=O)[C@H](CC(=O)OCC[Si](C)(C)C)NC(=O)[C@@H](NC(=O)[C@H](CCC(=O)OCC[Si](C)(C)C)NC(=O)C(CC(=O)OCC[Si](C)(C)C)NC(C)=O)C(C)C)cc3)c2)OOC12C1CC3CC(C1)CC2C3. The second-order valence-corrected chi connectivity index (χ2v) is 44.1. The van der Waals surface area contributed by atoms with Gasteiger partial charge in [0.25, 0.3) is 5.79 Å². The van der Waals surface area contributed by atoms with Crippen molar-refractivity contribution in [1.82, 2.24) is 21.3 Å². The van der Waals surface area contributed by atoms with Gasteiger partial charge >= 0.3 is 17.9 Å². The Morgan fingerprint density at radius 2 is 1.11 bits per heavy atom. The number of rotatable bonds is 31. The summed E-state index contributed by atoms with van der Waals surface area (Å²) in [6, 6.07) is 11.0. The van der Waals surface area contributed by atoms with Crippen molar-refractivity contribution < 1.29 is 71.8 Å². The van der Waals surface area contributed by atoms with Gasteiger partial charge in [0, 0.05) is 55.9 Å². The van der Waals surface area contributed by atoms with Crippen molar-refractivity contribution in [3.63, 3.8) is 0 Å². The van der Waals surface area contributed by atoms with Gasteiger partial charge in [-0.05, 0) is 116 Å². The van der Waals surface area contributed by atoms with E-state index in [2.05, 4.69) is 85.5 Å². The van der Waals surface area contributed by atoms with Gasteiger partial charge in [-0.1, -0.05) is 97.0 Å². The summed E-state index contributed by atoms with van der Waals surface area (Å²) in [4.78, 5) is 121. The molecule has 1 aliphatic heterocycles. The molecule has 4 bridgehead atoms. The Labute approximate surface area is 493 Å². The van der Waals surface area contributed by atoms with E-state index in [0.717, 1.165) is 48.6 Å². The molecule has 1 spiro atoms. The summed E-state index contributed by atoms with van der Waals surface area (Å²) < 4.78 is 29.0. The number of hydrogen-bond acceptors (Lipinski definition) is 15. The standard InChI is InChI=1S/C60H93N5O15Si3/c1-38(2)54(65-55(70)48(21-22-51(67)75-23-26-81(5,6)7)63-57(72)49(61-39(3)66)35-52(68)76-24-27-82(8,9)10)58(73)64-50(36-53(69)77-25-28-83(11,12)13)56(71)62-46-19-17-40(18-20-46)37-78-47-16-14-15-43(34-47)60(74-4)59(79-80-60)44-30-41-29-42(32-44)33-45(59)31-41/h14-20,34,38,41-42,44-45,48-50,54H,21-33,35-37H2,1-13H3,(H,61,66)(H,62,71)(H,63,72)(H,64,73)(H,65,70)/t41?,42?,44?,45?,48-,49?,50-,54-,59?,60?/m0/s1. The van der Waals surface area contributed by atoms with Gasteiger partial charge in [-0.15, -0.1) is 0 Å². The molecule has 5 fully saturated rings. The van der Waals surface area contributed by atoms with Gasteiger partial charge in [0.2, 0.25) is 29.5 Å². The van der Waals surface area contributed by atoms with E-state index in [1.807, 2.05) is 24.3 Å². The van der Waals surface area contributed by atoms with Crippen molar-refractivity contribution in [1.29, 1.82) is 0 Å². The van der Waals surface area contributed by atoms with Crippen LogP contribution < -0.4 is 31.3 Å². The molecule has 2 unspecified atom stereocenters. The third kappa shape index (κ3) is 18.8. The van der Waals surface area contributed by atoms with Gasteiger partial charge in [-0.2, -0.15) is 4.89 Å². The number of ether oxygens (including phenoxy) is 5. The zero-order valence-corrected chi connectivity index (χ0v) is 54.3. The lowest BCUT2D eigenvalue weighted by Gasteiger charge is -2.68. The molecular weight excluding hydrogens is 1110 g/mol. The molecule has 2 aromatic rings. The molecule has 4 saturated carbocycles. The number of carbonyl (C=O) groups excluding carboxylic acids is 8. The van der Waals surface area contributed by atoms with Gasteiger partial charge < -0.3 is 50.3 Å². The molecule has 1 saturated heterocycles. The first kappa shape index (κ1) is 66.7. The molecule has 460 valence electrons. The lowest BCUT2D eigenvalue weighted by Crippen LogP contribution is -2.76. The molecule has 5 atom stereocenters. The molecule has 5 aliphatic rings. The maximum Gasteiger partial charge on any atom is 0.308 e.